The highest BCUT2D eigenvalue weighted by Crippen LogP contribution is 2.28. The Hall–Kier alpha value is -2.20. The Bertz CT molecular complexity index is 662. The van der Waals surface area contributed by atoms with E-state index >= 15 is 0 Å². The van der Waals surface area contributed by atoms with E-state index in [9.17, 15) is 4.79 Å². The van der Waals surface area contributed by atoms with Crippen molar-refractivity contribution in [2.45, 2.75) is 12.5 Å². The van der Waals surface area contributed by atoms with Crippen LogP contribution in [0.4, 0.5) is 5.69 Å². The zero-order valence-electron chi connectivity index (χ0n) is 11.2. The van der Waals surface area contributed by atoms with Crippen LogP contribution in [-0.2, 0) is 11.2 Å². The largest absolute Gasteiger partial charge is 0.486 e. The Labute approximate surface area is 127 Å². The smallest absolute Gasteiger partial charge is 0.339 e. The van der Waals surface area contributed by atoms with Gasteiger partial charge in [-0.2, -0.15) is 0 Å². The quantitative estimate of drug-likeness (QED) is 0.699. The van der Waals surface area contributed by atoms with Gasteiger partial charge >= 0.3 is 5.97 Å². The fourth-order valence-corrected chi connectivity index (χ4v) is 2.56. The molecule has 0 radical (unpaired) electrons. The molecule has 0 aromatic heterocycles. The molecule has 21 heavy (non-hydrogen) atoms. The molecule has 0 saturated heterocycles. The summed E-state index contributed by atoms with van der Waals surface area (Å²) in [6.07, 6.45) is 0.581. The lowest BCUT2D eigenvalue weighted by Gasteiger charge is -2.12. The fraction of sp³-hybridized carbons (Fsp3) is 0.188. The van der Waals surface area contributed by atoms with Crippen LogP contribution in [0.5, 0.6) is 5.75 Å². The van der Waals surface area contributed by atoms with Gasteiger partial charge in [-0.3, -0.25) is 0 Å². The van der Waals surface area contributed by atoms with Crippen LogP contribution >= 0.6 is 11.6 Å². The molecule has 0 fully saturated rings. The summed E-state index contributed by atoms with van der Waals surface area (Å²) >= 11 is 5.98. The van der Waals surface area contributed by atoms with Crippen molar-refractivity contribution in [1.29, 1.82) is 0 Å². The number of anilines is 1. The van der Waals surface area contributed by atoms with Crippen molar-refractivity contribution in [3.8, 4) is 5.75 Å². The number of fused-ring (bicyclic) bond motifs is 1. The first-order valence-electron chi connectivity index (χ1n) is 6.60. The van der Waals surface area contributed by atoms with E-state index in [1.165, 1.54) is 6.07 Å². The van der Waals surface area contributed by atoms with E-state index in [0.29, 0.717) is 11.3 Å². The molecule has 1 atom stereocenters. The first-order chi connectivity index (χ1) is 10.1. The standard InChI is InChI=1S/C16H14ClNO3/c17-14-8-11(18)5-6-13(14)16(19)20-9-12-7-10-3-1-2-4-15(10)21-12/h1-6,8,12H,7,9,18H2. The highest BCUT2D eigenvalue weighted by Gasteiger charge is 2.24. The summed E-state index contributed by atoms with van der Waals surface area (Å²) in [5.41, 5.74) is 7.53. The molecular formula is C16H14ClNO3. The van der Waals surface area contributed by atoms with Crippen molar-refractivity contribution in [2.24, 2.45) is 0 Å². The molecule has 1 aliphatic heterocycles. The summed E-state index contributed by atoms with van der Waals surface area (Å²) in [5.74, 6) is 0.378. The number of carbonyl (C=O) groups excluding carboxylic acids is 1. The molecule has 0 bridgehead atoms. The second-order valence-corrected chi connectivity index (χ2v) is 5.30. The van der Waals surface area contributed by atoms with Gasteiger partial charge in [0.05, 0.1) is 10.6 Å². The molecule has 1 unspecified atom stereocenters. The number of carbonyl (C=O) groups is 1. The Morgan fingerprint density at radius 1 is 1.33 bits per heavy atom. The molecule has 0 amide bonds. The third-order valence-electron chi connectivity index (χ3n) is 3.33. The summed E-state index contributed by atoms with van der Waals surface area (Å²) in [6, 6.07) is 12.5. The van der Waals surface area contributed by atoms with E-state index in [4.69, 9.17) is 26.8 Å². The maximum Gasteiger partial charge on any atom is 0.339 e. The highest BCUT2D eigenvalue weighted by atomic mass is 35.5. The minimum atomic E-state index is -0.473. The molecule has 1 heterocycles. The van der Waals surface area contributed by atoms with Crippen molar-refractivity contribution in [2.75, 3.05) is 12.3 Å². The van der Waals surface area contributed by atoms with Gasteiger partial charge in [0, 0.05) is 12.1 Å². The minimum Gasteiger partial charge on any atom is -0.486 e. The van der Waals surface area contributed by atoms with Crippen molar-refractivity contribution in [3.05, 3.63) is 58.6 Å². The first-order valence-corrected chi connectivity index (χ1v) is 6.98. The summed E-state index contributed by atoms with van der Waals surface area (Å²) < 4.78 is 11.0. The van der Waals surface area contributed by atoms with Crippen LogP contribution in [0.2, 0.25) is 5.02 Å². The normalized spacial score (nSPS) is 16.1. The molecule has 0 spiro atoms. The van der Waals surface area contributed by atoms with E-state index in [1.54, 1.807) is 12.1 Å². The molecule has 4 nitrogen and oxygen atoms in total. The first kappa shape index (κ1) is 13.8. The summed E-state index contributed by atoms with van der Waals surface area (Å²) in [4.78, 5) is 12.0. The van der Waals surface area contributed by atoms with Crippen LogP contribution in [0.25, 0.3) is 0 Å². The summed E-state index contributed by atoms with van der Waals surface area (Å²) in [5, 5.41) is 0.288. The Balaban J connectivity index is 1.60. The number of hydrogen-bond donors (Lipinski definition) is 1. The minimum absolute atomic E-state index is 0.154. The second-order valence-electron chi connectivity index (χ2n) is 4.89. The number of benzene rings is 2. The van der Waals surface area contributed by atoms with E-state index in [1.807, 2.05) is 24.3 Å². The van der Waals surface area contributed by atoms with Gasteiger partial charge in [0.25, 0.3) is 0 Å². The number of para-hydroxylation sites is 1. The Morgan fingerprint density at radius 2 is 2.14 bits per heavy atom. The predicted molar refractivity (Wildman–Crippen MR) is 80.7 cm³/mol. The van der Waals surface area contributed by atoms with Gasteiger partial charge in [-0.15, -0.1) is 0 Å². The molecule has 1 aliphatic rings. The second kappa shape index (κ2) is 5.66. The highest BCUT2D eigenvalue weighted by molar-refractivity contribution is 6.33. The van der Waals surface area contributed by atoms with E-state index in [2.05, 4.69) is 0 Å². The molecule has 3 rings (SSSR count). The fourth-order valence-electron chi connectivity index (χ4n) is 2.29. The van der Waals surface area contributed by atoms with E-state index in [-0.39, 0.29) is 17.7 Å². The molecular weight excluding hydrogens is 290 g/mol. The van der Waals surface area contributed by atoms with Gasteiger partial charge in [-0.05, 0) is 29.8 Å². The number of halogens is 1. The molecule has 2 aromatic rings. The van der Waals surface area contributed by atoms with Crippen LogP contribution in [0, 0.1) is 0 Å². The lowest BCUT2D eigenvalue weighted by atomic mass is 10.1. The lowest BCUT2D eigenvalue weighted by Crippen LogP contribution is -2.23. The van der Waals surface area contributed by atoms with Crippen molar-refractivity contribution < 1.29 is 14.3 Å². The average Bonchev–Trinajstić information content (AvgIpc) is 2.87. The van der Waals surface area contributed by atoms with E-state index < -0.39 is 5.97 Å². The van der Waals surface area contributed by atoms with Gasteiger partial charge in [0.1, 0.15) is 18.5 Å². The predicted octanol–water partition coefficient (Wildman–Crippen LogP) is 3.08. The lowest BCUT2D eigenvalue weighted by molar-refractivity contribution is 0.0347. The number of nitrogens with two attached hydrogens (primary N) is 1. The number of rotatable bonds is 3. The number of ether oxygens (including phenoxy) is 2. The van der Waals surface area contributed by atoms with Gasteiger partial charge in [-0.25, -0.2) is 4.79 Å². The van der Waals surface area contributed by atoms with Crippen LogP contribution in [0.3, 0.4) is 0 Å². The number of esters is 1. The van der Waals surface area contributed by atoms with Crippen molar-refractivity contribution in [1.82, 2.24) is 0 Å². The zero-order valence-corrected chi connectivity index (χ0v) is 12.0. The van der Waals surface area contributed by atoms with Crippen LogP contribution in [0.1, 0.15) is 15.9 Å². The van der Waals surface area contributed by atoms with Gasteiger partial charge in [0.2, 0.25) is 0 Å². The Kier molecular flexibility index (Phi) is 3.71. The van der Waals surface area contributed by atoms with Crippen LogP contribution in [-0.4, -0.2) is 18.7 Å². The topological polar surface area (TPSA) is 61.6 Å². The monoisotopic (exact) mass is 303 g/mol. The number of hydrogen-bond acceptors (Lipinski definition) is 4. The van der Waals surface area contributed by atoms with Gasteiger partial charge in [0.15, 0.2) is 0 Å². The van der Waals surface area contributed by atoms with Crippen LogP contribution in [0.15, 0.2) is 42.5 Å². The number of nitrogen functional groups attached to an aromatic ring is 1. The van der Waals surface area contributed by atoms with Gasteiger partial charge < -0.3 is 15.2 Å². The molecule has 2 N–H and O–H groups in total. The third kappa shape index (κ3) is 2.95. The zero-order chi connectivity index (χ0) is 14.8. The molecule has 0 saturated carbocycles. The maximum absolute atomic E-state index is 12.0. The third-order valence-corrected chi connectivity index (χ3v) is 3.64. The summed E-state index contributed by atoms with van der Waals surface area (Å²) in [7, 11) is 0. The van der Waals surface area contributed by atoms with E-state index in [0.717, 1.165) is 17.7 Å². The van der Waals surface area contributed by atoms with Gasteiger partial charge in [-0.1, -0.05) is 29.8 Å². The van der Waals surface area contributed by atoms with Crippen LogP contribution < -0.4 is 10.5 Å². The Morgan fingerprint density at radius 3 is 2.90 bits per heavy atom. The molecule has 108 valence electrons. The van der Waals surface area contributed by atoms with Crippen molar-refractivity contribution in [3.63, 3.8) is 0 Å². The average molecular weight is 304 g/mol. The SMILES string of the molecule is Nc1ccc(C(=O)OCC2Cc3ccccc3O2)c(Cl)c1. The molecule has 2 aromatic carbocycles. The van der Waals surface area contributed by atoms with Crippen molar-refractivity contribution >= 4 is 23.3 Å². The summed E-state index contributed by atoms with van der Waals surface area (Å²) in [6.45, 7) is 0.189. The molecule has 5 heteroatoms. The maximum atomic E-state index is 12.0. The molecule has 0 aliphatic carbocycles.